The molecule has 0 spiro atoms. The van der Waals surface area contributed by atoms with Gasteiger partial charge in [0.15, 0.2) is 0 Å². The topological polar surface area (TPSA) is 61.8 Å². The van der Waals surface area contributed by atoms with Crippen molar-refractivity contribution in [3.63, 3.8) is 0 Å². The van der Waals surface area contributed by atoms with Crippen molar-refractivity contribution in [2.75, 3.05) is 19.8 Å². The van der Waals surface area contributed by atoms with Crippen molar-refractivity contribution in [2.45, 2.75) is 12.5 Å². The lowest BCUT2D eigenvalue weighted by atomic mass is 10.0. The summed E-state index contributed by atoms with van der Waals surface area (Å²) in [5.74, 6) is -0.891. The monoisotopic (exact) mass is 240 g/mol. The van der Waals surface area contributed by atoms with Crippen molar-refractivity contribution >= 4 is 11.9 Å². The van der Waals surface area contributed by atoms with E-state index in [-0.39, 0.29) is 25.2 Å². The van der Waals surface area contributed by atoms with Gasteiger partial charge in [-0.2, -0.15) is 0 Å². The van der Waals surface area contributed by atoms with Crippen LogP contribution in [-0.2, 0) is 23.8 Å². The maximum absolute atomic E-state index is 10.9. The van der Waals surface area contributed by atoms with E-state index in [0.717, 1.165) is 18.6 Å². The molecule has 0 aromatic carbocycles. The van der Waals surface area contributed by atoms with E-state index in [1.165, 1.54) is 0 Å². The first-order valence-electron chi connectivity index (χ1n) is 5.37. The van der Waals surface area contributed by atoms with Crippen LogP contribution in [-0.4, -0.2) is 37.9 Å². The summed E-state index contributed by atoms with van der Waals surface area (Å²) in [6.07, 6.45) is 2.77. The standard InChI is InChI=1S/C12H16O5/c1-3-11(13)16-7-9-5-6-15-10(9)8-17-12(14)4-2/h3-4,9-10H,1-2,5-8H2. The Morgan fingerprint density at radius 2 is 1.76 bits per heavy atom. The highest BCUT2D eigenvalue weighted by Crippen LogP contribution is 2.21. The van der Waals surface area contributed by atoms with Crippen molar-refractivity contribution in [1.29, 1.82) is 0 Å². The molecule has 1 aliphatic rings. The van der Waals surface area contributed by atoms with Crippen LogP contribution >= 0.6 is 0 Å². The molecule has 0 radical (unpaired) electrons. The summed E-state index contributed by atoms with van der Waals surface area (Å²) in [5, 5.41) is 0. The molecule has 1 heterocycles. The van der Waals surface area contributed by atoms with Crippen LogP contribution in [0.3, 0.4) is 0 Å². The normalized spacial score (nSPS) is 22.8. The lowest BCUT2D eigenvalue weighted by molar-refractivity contribution is -0.145. The zero-order chi connectivity index (χ0) is 12.7. The summed E-state index contributed by atoms with van der Waals surface area (Å²) in [6.45, 7) is 7.59. The summed E-state index contributed by atoms with van der Waals surface area (Å²) in [6, 6.07) is 0. The van der Waals surface area contributed by atoms with Crippen LogP contribution in [0.4, 0.5) is 0 Å². The number of esters is 2. The van der Waals surface area contributed by atoms with Crippen LogP contribution < -0.4 is 0 Å². The predicted molar refractivity (Wildman–Crippen MR) is 60.2 cm³/mol. The SMILES string of the molecule is C=CC(=O)OCC1CCOC1COC(=O)C=C. The molecule has 1 saturated heterocycles. The summed E-state index contributed by atoms with van der Waals surface area (Å²) < 4.78 is 15.2. The fourth-order valence-electron chi connectivity index (χ4n) is 1.54. The molecule has 2 atom stereocenters. The Labute approximate surface area is 100 Å². The van der Waals surface area contributed by atoms with Gasteiger partial charge in [-0.3, -0.25) is 0 Å². The van der Waals surface area contributed by atoms with Gasteiger partial charge in [0.25, 0.3) is 0 Å². The van der Waals surface area contributed by atoms with Crippen molar-refractivity contribution in [1.82, 2.24) is 0 Å². The molecule has 0 amide bonds. The van der Waals surface area contributed by atoms with E-state index in [1.807, 2.05) is 0 Å². The molecule has 5 heteroatoms. The fraction of sp³-hybridized carbons (Fsp3) is 0.500. The second-order valence-corrected chi connectivity index (χ2v) is 3.63. The van der Waals surface area contributed by atoms with Crippen LogP contribution in [0.1, 0.15) is 6.42 Å². The van der Waals surface area contributed by atoms with Gasteiger partial charge in [-0.05, 0) is 6.42 Å². The van der Waals surface area contributed by atoms with Crippen LogP contribution in [0.25, 0.3) is 0 Å². The van der Waals surface area contributed by atoms with Crippen LogP contribution in [0, 0.1) is 5.92 Å². The van der Waals surface area contributed by atoms with Gasteiger partial charge in [-0.25, -0.2) is 9.59 Å². The lowest BCUT2D eigenvalue weighted by Gasteiger charge is -2.17. The Balaban J connectivity index is 2.33. The smallest absolute Gasteiger partial charge is 0.330 e. The van der Waals surface area contributed by atoms with E-state index in [4.69, 9.17) is 14.2 Å². The van der Waals surface area contributed by atoms with E-state index >= 15 is 0 Å². The van der Waals surface area contributed by atoms with E-state index in [9.17, 15) is 9.59 Å². The highest BCUT2D eigenvalue weighted by molar-refractivity contribution is 5.81. The third-order valence-electron chi connectivity index (χ3n) is 2.51. The second kappa shape index (κ2) is 6.85. The molecule has 1 fully saturated rings. The van der Waals surface area contributed by atoms with Crippen molar-refractivity contribution in [2.24, 2.45) is 5.92 Å². The quantitative estimate of drug-likeness (QED) is 0.509. The van der Waals surface area contributed by atoms with Gasteiger partial charge in [0, 0.05) is 24.7 Å². The van der Waals surface area contributed by atoms with Crippen molar-refractivity contribution in [3.05, 3.63) is 25.3 Å². The van der Waals surface area contributed by atoms with Gasteiger partial charge < -0.3 is 14.2 Å². The minimum absolute atomic E-state index is 0.0523. The fourth-order valence-corrected chi connectivity index (χ4v) is 1.54. The summed E-state index contributed by atoms with van der Waals surface area (Å²) in [4.78, 5) is 21.8. The van der Waals surface area contributed by atoms with E-state index in [2.05, 4.69) is 13.2 Å². The molecular formula is C12H16O5. The Morgan fingerprint density at radius 1 is 1.18 bits per heavy atom. The molecular weight excluding hydrogens is 224 g/mol. The Hall–Kier alpha value is -1.62. The number of carbonyl (C=O) groups excluding carboxylic acids is 2. The molecule has 1 rings (SSSR count). The molecule has 0 aliphatic carbocycles. The molecule has 0 aromatic rings. The first kappa shape index (κ1) is 13.4. The number of hydrogen-bond acceptors (Lipinski definition) is 5. The van der Waals surface area contributed by atoms with E-state index in [0.29, 0.717) is 6.61 Å². The van der Waals surface area contributed by atoms with Crippen LogP contribution in [0.2, 0.25) is 0 Å². The third kappa shape index (κ3) is 4.40. The molecule has 0 bridgehead atoms. The zero-order valence-electron chi connectivity index (χ0n) is 9.59. The number of hydrogen-bond donors (Lipinski definition) is 0. The molecule has 0 aromatic heterocycles. The molecule has 5 nitrogen and oxygen atoms in total. The van der Waals surface area contributed by atoms with Gasteiger partial charge in [-0.1, -0.05) is 13.2 Å². The third-order valence-corrected chi connectivity index (χ3v) is 2.51. The second-order valence-electron chi connectivity index (χ2n) is 3.63. The van der Waals surface area contributed by atoms with Crippen molar-refractivity contribution in [3.8, 4) is 0 Å². The maximum Gasteiger partial charge on any atom is 0.330 e. The number of carbonyl (C=O) groups is 2. The van der Waals surface area contributed by atoms with Gasteiger partial charge in [0.1, 0.15) is 6.61 Å². The summed E-state index contributed by atoms with van der Waals surface area (Å²) in [7, 11) is 0. The van der Waals surface area contributed by atoms with Gasteiger partial charge in [0.05, 0.1) is 12.7 Å². The molecule has 2 unspecified atom stereocenters. The van der Waals surface area contributed by atoms with E-state index in [1.54, 1.807) is 0 Å². The van der Waals surface area contributed by atoms with Gasteiger partial charge >= 0.3 is 11.9 Å². The zero-order valence-corrected chi connectivity index (χ0v) is 9.59. The molecule has 0 saturated carbocycles. The number of rotatable bonds is 6. The highest BCUT2D eigenvalue weighted by atomic mass is 16.6. The van der Waals surface area contributed by atoms with Crippen LogP contribution in [0.15, 0.2) is 25.3 Å². The molecule has 94 valence electrons. The largest absolute Gasteiger partial charge is 0.462 e. The first-order chi connectivity index (χ1) is 8.17. The average Bonchev–Trinajstić information content (AvgIpc) is 2.80. The average molecular weight is 240 g/mol. The minimum atomic E-state index is -0.484. The Kier molecular flexibility index (Phi) is 5.42. The Bertz CT molecular complexity index is 280. The van der Waals surface area contributed by atoms with Gasteiger partial charge in [-0.15, -0.1) is 0 Å². The molecule has 0 N–H and O–H groups in total. The molecule has 1 aliphatic heterocycles. The van der Waals surface area contributed by atoms with Gasteiger partial charge in [0.2, 0.25) is 0 Å². The van der Waals surface area contributed by atoms with E-state index < -0.39 is 11.9 Å². The molecule has 17 heavy (non-hydrogen) atoms. The number of ether oxygens (including phenoxy) is 3. The minimum Gasteiger partial charge on any atom is -0.462 e. The summed E-state index contributed by atoms with van der Waals surface area (Å²) in [5.41, 5.74) is 0. The maximum atomic E-state index is 10.9. The Morgan fingerprint density at radius 3 is 2.35 bits per heavy atom. The van der Waals surface area contributed by atoms with Crippen LogP contribution in [0.5, 0.6) is 0 Å². The highest BCUT2D eigenvalue weighted by Gasteiger charge is 2.30. The predicted octanol–water partition coefficient (Wildman–Crippen LogP) is 0.850. The summed E-state index contributed by atoms with van der Waals surface area (Å²) >= 11 is 0. The first-order valence-corrected chi connectivity index (χ1v) is 5.37. The lowest BCUT2D eigenvalue weighted by Crippen LogP contribution is -2.27. The van der Waals surface area contributed by atoms with Crippen molar-refractivity contribution < 1.29 is 23.8 Å².